The molecule has 30 heavy (non-hydrogen) atoms. The number of carbonyl (C=O) groups is 2. The number of halogens is 1. The van der Waals surface area contributed by atoms with Crippen LogP contribution in [0.3, 0.4) is 0 Å². The Morgan fingerprint density at radius 3 is 2.20 bits per heavy atom. The van der Waals surface area contributed by atoms with E-state index in [1.54, 1.807) is 51.1 Å². The zero-order valence-electron chi connectivity index (χ0n) is 17.8. The third-order valence-electron chi connectivity index (χ3n) is 4.24. The molecule has 1 atom stereocenters. The van der Waals surface area contributed by atoms with Crippen LogP contribution in [0.4, 0.5) is 0 Å². The summed E-state index contributed by atoms with van der Waals surface area (Å²) >= 11 is 6.26. The van der Waals surface area contributed by atoms with E-state index in [1.807, 2.05) is 25.1 Å². The van der Waals surface area contributed by atoms with Crippen molar-refractivity contribution in [3.05, 3.63) is 76.1 Å². The van der Waals surface area contributed by atoms with Crippen LogP contribution in [0.15, 0.2) is 59.9 Å². The van der Waals surface area contributed by atoms with E-state index < -0.39 is 11.7 Å². The highest BCUT2D eigenvalue weighted by atomic mass is 35.5. The first-order chi connectivity index (χ1) is 14.0. The maximum Gasteiger partial charge on any atom is 0.308 e. The predicted molar refractivity (Wildman–Crippen MR) is 117 cm³/mol. The first-order valence-corrected chi connectivity index (χ1v) is 9.88. The van der Waals surface area contributed by atoms with Crippen molar-refractivity contribution in [3.63, 3.8) is 0 Å². The molecular formula is C23H27ClN2O4. The Morgan fingerprint density at radius 2 is 1.67 bits per heavy atom. The largest absolute Gasteiger partial charge is 0.427 e. The molecule has 0 aliphatic rings. The summed E-state index contributed by atoms with van der Waals surface area (Å²) in [5.41, 5.74) is 6.87. The topological polar surface area (TPSA) is 90.7 Å². The van der Waals surface area contributed by atoms with Gasteiger partial charge in [0.1, 0.15) is 17.2 Å². The van der Waals surface area contributed by atoms with Crippen LogP contribution >= 0.6 is 11.6 Å². The fraction of sp³-hybridized carbons (Fsp3) is 0.304. The van der Waals surface area contributed by atoms with Gasteiger partial charge in [-0.2, -0.15) is 0 Å². The van der Waals surface area contributed by atoms with Crippen LogP contribution in [0.2, 0.25) is 5.02 Å². The molecule has 0 saturated heterocycles. The quantitative estimate of drug-likeness (QED) is 0.206. The smallest absolute Gasteiger partial charge is 0.308 e. The molecular weight excluding hydrogens is 404 g/mol. The summed E-state index contributed by atoms with van der Waals surface area (Å²) < 4.78 is 11.1. The van der Waals surface area contributed by atoms with E-state index in [9.17, 15) is 9.59 Å². The van der Waals surface area contributed by atoms with Gasteiger partial charge in [-0.15, -0.1) is 0 Å². The molecule has 2 aromatic rings. The Hall–Kier alpha value is -2.83. The minimum atomic E-state index is -0.915. The molecule has 2 aromatic carbocycles. The third-order valence-corrected chi connectivity index (χ3v) is 4.58. The van der Waals surface area contributed by atoms with E-state index in [4.69, 9.17) is 26.8 Å². The van der Waals surface area contributed by atoms with Crippen LogP contribution < -0.4 is 15.8 Å². The lowest BCUT2D eigenvalue weighted by Crippen LogP contribution is -2.44. The average Bonchev–Trinajstić information content (AvgIpc) is 2.65. The van der Waals surface area contributed by atoms with Gasteiger partial charge in [-0.1, -0.05) is 29.8 Å². The van der Waals surface area contributed by atoms with Crippen LogP contribution in [-0.2, 0) is 9.53 Å². The van der Waals surface area contributed by atoms with E-state index in [1.165, 1.54) is 6.92 Å². The maximum atomic E-state index is 13.0. The van der Waals surface area contributed by atoms with Crippen molar-refractivity contribution in [1.82, 2.24) is 5.32 Å². The molecule has 160 valence electrons. The van der Waals surface area contributed by atoms with Crippen LogP contribution in [0.1, 0.15) is 56.6 Å². The summed E-state index contributed by atoms with van der Waals surface area (Å²) in [5, 5.41) is 3.72. The highest BCUT2D eigenvalue weighted by Crippen LogP contribution is 2.29. The minimum absolute atomic E-state index is 0.228. The van der Waals surface area contributed by atoms with Gasteiger partial charge in [0.05, 0.1) is 6.10 Å². The second-order valence-electron chi connectivity index (χ2n) is 7.42. The molecule has 0 aliphatic carbocycles. The van der Waals surface area contributed by atoms with E-state index in [2.05, 4.69) is 5.32 Å². The van der Waals surface area contributed by atoms with Gasteiger partial charge in [0.25, 0.3) is 0 Å². The average molecular weight is 431 g/mol. The number of nitrogens with two attached hydrogens (primary N) is 1. The second kappa shape index (κ2) is 9.78. The Labute approximate surface area is 182 Å². The van der Waals surface area contributed by atoms with E-state index in [0.29, 0.717) is 22.0 Å². The van der Waals surface area contributed by atoms with Crippen molar-refractivity contribution < 1.29 is 19.1 Å². The molecule has 0 aromatic heterocycles. The maximum absolute atomic E-state index is 13.0. The number of Topliss-reactive ketones (excluding diaryl/α,β-unsaturated/α-hetero) is 1. The first-order valence-electron chi connectivity index (χ1n) is 9.50. The highest BCUT2D eigenvalue weighted by Gasteiger charge is 2.27. The van der Waals surface area contributed by atoms with Gasteiger partial charge in [0.2, 0.25) is 5.78 Å². The lowest BCUT2D eigenvalue weighted by molar-refractivity contribution is -0.131. The fourth-order valence-corrected chi connectivity index (χ4v) is 3.25. The number of esters is 1. The first kappa shape index (κ1) is 23.4. The molecule has 0 aliphatic heterocycles. The number of hydrogen-bond donors (Lipinski definition) is 2. The Balaban J connectivity index is 2.17. The summed E-state index contributed by atoms with van der Waals surface area (Å²) in [7, 11) is 0. The van der Waals surface area contributed by atoms with Crippen molar-refractivity contribution >= 4 is 23.4 Å². The van der Waals surface area contributed by atoms with Gasteiger partial charge in [0.15, 0.2) is 0 Å². The molecule has 7 heteroatoms. The monoisotopic (exact) mass is 430 g/mol. The number of allylic oxidation sites excluding steroid dienone is 2. The van der Waals surface area contributed by atoms with Crippen molar-refractivity contribution in [2.45, 2.75) is 46.4 Å². The van der Waals surface area contributed by atoms with Crippen LogP contribution in [0.5, 0.6) is 5.75 Å². The molecule has 6 nitrogen and oxygen atoms in total. The molecule has 0 heterocycles. The molecule has 3 N–H and O–H groups in total. The summed E-state index contributed by atoms with van der Waals surface area (Å²) in [6.45, 7) is 8.45. The van der Waals surface area contributed by atoms with Gasteiger partial charge in [-0.25, -0.2) is 0 Å². The molecule has 0 amide bonds. The van der Waals surface area contributed by atoms with E-state index >= 15 is 0 Å². The number of benzene rings is 2. The van der Waals surface area contributed by atoms with Gasteiger partial charge in [-0.3, -0.25) is 9.59 Å². The molecule has 0 fully saturated rings. The van der Waals surface area contributed by atoms with Crippen molar-refractivity contribution in [2.75, 3.05) is 0 Å². The second-order valence-corrected chi connectivity index (χ2v) is 7.83. The number of nitrogens with one attached hydrogen (secondary N) is 1. The standard InChI is InChI=1S/C23H27ClN2O4/c1-14(25)21(22(28)17-10-12-18(13-11-17)29-16(3)27)26-23(4,5)30-15(2)19-8-6-7-9-20(19)24/h6-13,15,26H,25H2,1-5H3/b21-14+. The SMILES string of the molecule is CC(=O)Oc1ccc(C(=O)/C(NC(C)(C)OC(C)c2ccccc2Cl)=C(/C)N)cc1. The minimum Gasteiger partial charge on any atom is -0.427 e. The molecule has 0 saturated carbocycles. The van der Waals surface area contributed by atoms with Crippen LogP contribution in [0, 0.1) is 0 Å². The zero-order valence-corrected chi connectivity index (χ0v) is 18.5. The van der Waals surface area contributed by atoms with Gasteiger partial charge < -0.3 is 20.5 Å². The third kappa shape index (κ3) is 6.34. The van der Waals surface area contributed by atoms with Gasteiger partial charge in [-0.05, 0) is 63.6 Å². The summed E-state index contributed by atoms with van der Waals surface area (Å²) in [6.07, 6.45) is -0.321. The Kier molecular flexibility index (Phi) is 7.65. The molecule has 0 radical (unpaired) electrons. The number of rotatable bonds is 8. The normalized spacial score (nSPS) is 13.3. The number of carbonyl (C=O) groups excluding carboxylic acids is 2. The number of ether oxygens (including phenoxy) is 2. The van der Waals surface area contributed by atoms with Crippen molar-refractivity contribution in [2.24, 2.45) is 5.73 Å². The predicted octanol–water partition coefficient (Wildman–Crippen LogP) is 4.74. The summed E-state index contributed by atoms with van der Waals surface area (Å²) in [4.78, 5) is 24.1. The van der Waals surface area contributed by atoms with Crippen molar-refractivity contribution in [1.29, 1.82) is 0 Å². The van der Waals surface area contributed by atoms with E-state index in [0.717, 1.165) is 5.56 Å². The zero-order chi connectivity index (χ0) is 22.5. The van der Waals surface area contributed by atoms with Crippen LogP contribution in [0.25, 0.3) is 0 Å². The molecule has 1 unspecified atom stereocenters. The molecule has 0 spiro atoms. The van der Waals surface area contributed by atoms with Crippen molar-refractivity contribution in [3.8, 4) is 5.75 Å². The van der Waals surface area contributed by atoms with Gasteiger partial charge >= 0.3 is 5.97 Å². The van der Waals surface area contributed by atoms with Gasteiger partial charge in [0, 0.05) is 23.2 Å². The molecule has 0 bridgehead atoms. The fourth-order valence-electron chi connectivity index (χ4n) is 2.96. The van der Waals surface area contributed by atoms with E-state index in [-0.39, 0.29) is 17.6 Å². The summed E-state index contributed by atoms with van der Waals surface area (Å²) in [5.74, 6) is -0.369. The lowest BCUT2D eigenvalue weighted by Gasteiger charge is -2.32. The highest BCUT2D eigenvalue weighted by molar-refractivity contribution is 6.31. The Morgan fingerprint density at radius 1 is 1.07 bits per heavy atom. The Bertz CT molecular complexity index is 948. The molecule has 2 rings (SSSR count). The lowest BCUT2D eigenvalue weighted by atomic mass is 10.1. The van der Waals surface area contributed by atoms with Crippen LogP contribution in [-0.4, -0.2) is 17.5 Å². The number of hydrogen-bond acceptors (Lipinski definition) is 6. The number of ketones is 1. The summed E-state index contributed by atoms with van der Waals surface area (Å²) in [6, 6.07) is 13.7.